The monoisotopic (exact) mass is 320 g/mol. The van der Waals surface area contributed by atoms with Gasteiger partial charge in [-0.15, -0.1) is 11.3 Å². The molecule has 1 saturated heterocycles. The van der Waals surface area contributed by atoms with Crippen molar-refractivity contribution >= 4 is 22.7 Å². The Morgan fingerprint density at radius 3 is 2.82 bits per heavy atom. The van der Waals surface area contributed by atoms with Crippen LogP contribution in [0.5, 0.6) is 0 Å². The van der Waals surface area contributed by atoms with E-state index >= 15 is 0 Å². The van der Waals surface area contributed by atoms with Crippen molar-refractivity contribution in [2.75, 3.05) is 20.0 Å². The number of Topliss-reactive ketones (excluding diaryl/α,β-unsaturated/α-hetero) is 1. The minimum atomic E-state index is -3.48. The maximum atomic E-state index is 12.9. The Morgan fingerprint density at radius 1 is 1.18 bits per heavy atom. The van der Waals surface area contributed by atoms with E-state index in [0.29, 0.717) is 5.56 Å². The van der Waals surface area contributed by atoms with Crippen LogP contribution in [0.1, 0.15) is 54.2 Å². The van der Waals surface area contributed by atoms with E-state index in [0.717, 1.165) is 11.3 Å². The number of hydrogen-bond acceptors (Lipinski definition) is 3. The summed E-state index contributed by atoms with van der Waals surface area (Å²) < 4.78 is 91.3. The van der Waals surface area contributed by atoms with Crippen molar-refractivity contribution in [1.29, 1.82) is 0 Å². The van der Waals surface area contributed by atoms with Crippen LogP contribution in [0.4, 0.5) is 0 Å². The third kappa shape index (κ3) is 2.25. The van der Waals surface area contributed by atoms with Gasteiger partial charge in [-0.1, -0.05) is 29.8 Å². The molecule has 0 atom stereocenters. The lowest BCUT2D eigenvalue weighted by Crippen LogP contribution is -2.27. The second kappa shape index (κ2) is 5.49. The number of ketones is 1. The number of thiophene rings is 1. The molecule has 1 aromatic carbocycles. The van der Waals surface area contributed by atoms with Crippen molar-refractivity contribution in [2.45, 2.75) is 19.2 Å². The van der Waals surface area contributed by atoms with Crippen LogP contribution >= 0.6 is 11.3 Å². The van der Waals surface area contributed by atoms with Crippen molar-refractivity contribution in [2.24, 2.45) is 0 Å². The van der Waals surface area contributed by atoms with Gasteiger partial charge >= 0.3 is 0 Å². The van der Waals surface area contributed by atoms with E-state index in [2.05, 4.69) is 0 Å². The molecule has 1 aliphatic carbocycles. The molecule has 1 aromatic heterocycles. The molecule has 0 unspecified atom stereocenters. The van der Waals surface area contributed by atoms with Crippen LogP contribution in [-0.2, 0) is 6.42 Å². The Bertz CT molecular complexity index is 1150. The smallest absolute Gasteiger partial charge is 0.177 e. The number of likely N-dealkylation sites (tertiary alicyclic amines) is 1. The molecule has 22 heavy (non-hydrogen) atoms. The number of nitrogens with zero attached hydrogens (tertiary/aromatic N) is 1. The quantitative estimate of drug-likeness (QED) is 0.731. The molecule has 0 saturated carbocycles. The van der Waals surface area contributed by atoms with Crippen LogP contribution in [0.15, 0.2) is 41.3 Å². The first-order valence-corrected chi connectivity index (χ1v) is 7.60. The largest absolute Gasteiger partial charge is 0.306 e. The van der Waals surface area contributed by atoms with Crippen molar-refractivity contribution in [3.8, 4) is 0 Å². The molecule has 2 heterocycles. The predicted octanol–water partition coefficient (Wildman–Crippen LogP) is 4.01. The topological polar surface area (TPSA) is 20.3 Å². The van der Waals surface area contributed by atoms with Crippen LogP contribution in [-0.4, -0.2) is 30.7 Å². The van der Waals surface area contributed by atoms with Gasteiger partial charge in [-0.25, -0.2) is 0 Å². The first kappa shape index (κ1) is 6.42. The Kier molecular flexibility index (Phi) is 1.60. The Morgan fingerprint density at radius 2 is 2.00 bits per heavy atom. The summed E-state index contributed by atoms with van der Waals surface area (Å²) in [4.78, 5) is 12.8. The summed E-state index contributed by atoms with van der Waals surface area (Å²) in [6, 6.07) is 7.93. The molecule has 1 fully saturated rings. The van der Waals surface area contributed by atoms with E-state index in [-0.39, 0.29) is 38.7 Å². The molecule has 2 aliphatic rings. The summed E-state index contributed by atoms with van der Waals surface area (Å²) in [5.41, 5.74) is -0.0846. The number of fused-ring (bicyclic) bond motifs is 2. The highest BCUT2D eigenvalue weighted by molar-refractivity contribution is 7.12. The molecule has 0 bridgehead atoms. The second-order valence-corrected chi connectivity index (χ2v) is 5.90. The van der Waals surface area contributed by atoms with Gasteiger partial charge in [0.05, 0.1) is 4.88 Å². The Labute approximate surface area is 150 Å². The molecule has 3 heteroatoms. The lowest BCUT2D eigenvalue weighted by molar-refractivity contribution is 0.0997. The third-order valence-corrected chi connectivity index (χ3v) is 4.62. The molecule has 0 amide bonds. The van der Waals surface area contributed by atoms with Gasteiger partial charge in [0.25, 0.3) is 0 Å². The van der Waals surface area contributed by atoms with Gasteiger partial charge in [0.15, 0.2) is 5.78 Å². The fraction of sp³-hybridized carbons (Fsp3) is 0.316. The second-order valence-electron chi connectivity index (χ2n) is 4.98. The lowest BCUT2D eigenvalue weighted by atomic mass is 9.88. The van der Waals surface area contributed by atoms with Gasteiger partial charge in [-0.05, 0) is 47.9 Å². The summed E-state index contributed by atoms with van der Waals surface area (Å²) in [6.45, 7) is -10.4. The Hall–Kier alpha value is -1.71. The number of piperidine rings is 1. The van der Waals surface area contributed by atoms with Gasteiger partial charge in [-0.2, -0.15) is 0 Å². The highest BCUT2D eigenvalue weighted by Gasteiger charge is 2.27. The van der Waals surface area contributed by atoms with Gasteiger partial charge in [0, 0.05) is 40.1 Å². The average molecular weight is 321 g/mol. The molecule has 2 nitrogen and oxygen atoms in total. The minimum Gasteiger partial charge on any atom is -0.306 e. The van der Waals surface area contributed by atoms with Crippen molar-refractivity contribution in [3.63, 3.8) is 0 Å². The third-order valence-electron chi connectivity index (χ3n) is 3.66. The van der Waals surface area contributed by atoms with Gasteiger partial charge in [0.1, 0.15) is 0 Å². The molecule has 0 N–H and O–H groups in total. The maximum absolute atomic E-state index is 12.9. The summed E-state index contributed by atoms with van der Waals surface area (Å²) in [5.74, 6) is -0.282. The van der Waals surface area contributed by atoms with E-state index < -0.39 is 38.3 Å². The molecule has 1 aliphatic heterocycles. The first-order valence-electron chi connectivity index (χ1n) is 12.2. The van der Waals surface area contributed by atoms with E-state index in [9.17, 15) is 4.79 Å². The zero-order chi connectivity index (χ0) is 24.8. The number of carbonyl (C=O) groups is 1. The first-order chi connectivity index (χ1) is 15.0. The van der Waals surface area contributed by atoms with Gasteiger partial charge < -0.3 is 4.90 Å². The molecule has 4 rings (SSSR count). The average Bonchev–Trinajstić information content (AvgIpc) is 3.09. The molecule has 0 spiro atoms. The fourth-order valence-corrected chi connectivity index (χ4v) is 3.56. The van der Waals surface area contributed by atoms with Crippen molar-refractivity contribution in [3.05, 3.63) is 62.9 Å². The Balaban J connectivity index is 2.21. The van der Waals surface area contributed by atoms with Crippen molar-refractivity contribution in [1.82, 2.24) is 4.90 Å². The number of hydrogen-bond donors (Lipinski definition) is 0. The molecule has 0 radical (unpaired) electrons. The van der Waals surface area contributed by atoms with Crippen LogP contribution in [0, 0.1) is 0 Å². The van der Waals surface area contributed by atoms with Gasteiger partial charge in [0.2, 0.25) is 0 Å². The normalized spacial score (nSPS) is 36.0. The van der Waals surface area contributed by atoms with E-state index in [1.54, 1.807) is 29.6 Å². The van der Waals surface area contributed by atoms with Crippen LogP contribution in [0.25, 0.3) is 5.57 Å². The SMILES string of the molecule is [2H]C([2H])([2H])N1C([2H])([2H])C([2H])([2H])C(=C2c3ccccc3CC(=O)c3sccc32)C([2H])([2H])C1([2H])[2H]. The lowest BCUT2D eigenvalue weighted by Gasteiger charge is -2.27. The number of rotatable bonds is 0. The summed E-state index contributed by atoms with van der Waals surface area (Å²) in [5, 5.41) is 1.57. The summed E-state index contributed by atoms with van der Waals surface area (Å²) >= 11 is 1.07. The predicted molar refractivity (Wildman–Crippen MR) is 91.5 cm³/mol. The van der Waals surface area contributed by atoms with Crippen LogP contribution in [0.3, 0.4) is 0 Å². The zero-order valence-corrected chi connectivity index (χ0v) is 12.3. The maximum Gasteiger partial charge on any atom is 0.177 e. The van der Waals surface area contributed by atoms with E-state index in [1.165, 1.54) is 6.07 Å². The highest BCUT2D eigenvalue weighted by atomic mass is 32.1. The standard InChI is InChI=1S/C19H19NOS/c1-20-9-6-13(7-10-20)18-15-5-3-2-4-14(15)12-17(21)19-16(18)8-11-22-19/h2-5,8,11H,6-7,9-10,12H2,1H3/i1D3,6D2,7D2,9D2,10D2. The van der Waals surface area contributed by atoms with E-state index in [1.807, 2.05) is 0 Å². The molecular formula is C19H19NOS. The molecular weight excluding hydrogens is 290 g/mol. The van der Waals surface area contributed by atoms with Crippen LogP contribution in [0.2, 0.25) is 0 Å². The summed E-state index contributed by atoms with van der Waals surface area (Å²) in [7, 11) is 0. The zero-order valence-electron chi connectivity index (χ0n) is 22.4. The molecule has 2 aromatic rings. The highest BCUT2D eigenvalue weighted by Crippen LogP contribution is 2.40. The van der Waals surface area contributed by atoms with Gasteiger partial charge in [-0.3, -0.25) is 4.79 Å². The van der Waals surface area contributed by atoms with Crippen LogP contribution < -0.4 is 0 Å². The molecule has 112 valence electrons. The number of carbonyl (C=O) groups excluding carboxylic acids is 1. The fourth-order valence-electron chi connectivity index (χ4n) is 2.72. The van der Waals surface area contributed by atoms with E-state index in [4.69, 9.17) is 15.1 Å². The van der Waals surface area contributed by atoms with Crippen molar-refractivity contribution < 1.29 is 19.9 Å². The number of benzene rings is 1. The minimum absolute atomic E-state index is 0.0480. The summed E-state index contributed by atoms with van der Waals surface area (Å²) in [6.07, 6.45) is -6.62.